The Balaban J connectivity index is 1.35. The van der Waals surface area contributed by atoms with Gasteiger partial charge in [-0.3, -0.25) is 10.00 Å². The molecule has 1 fully saturated rings. The summed E-state index contributed by atoms with van der Waals surface area (Å²) < 4.78 is 0. The average molecular weight is 326 g/mol. The van der Waals surface area contributed by atoms with Gasteiger partial charge in [0.1, 0.15) is 0 Å². The molecule has 0 atom stereocenters. The van der Waals surface area contributed by atoms with Crippen molar-refractivity contribution in [3.63, 3.8) is 0 Å². The first-order chi connectivity index (χ1) is 11.4. The largest absolute Gasteiger partial charge is 0.338 e. The van der Waals surface area contributed by atoms with E-state index in [-0.39, 0.29) is 0 Å². The van der Waals surface area contributed by atoms with Crippen LogP contribution in [0.2, 0.25) is 0 Å². The standard InChI is InChI=1S/C16H18N6S/c1-5-17-16(18-6-1)22-10-8-21(9-11-22)12-13-2-3-15(23-13)14-4-7-19-20-14/h1-7H,8-12H2,(H,19,20). The fourth-order valence-electron chi connectivity index (χ4n) is 2.78. The maximum atomic E-state index is 4.33. The molecule has 0 radical (unpaired) electrons. The zero-order chi connectivity index (χ0) is 15.5. The van der Waals surface area contributed by atoms with Crippen LogP contribution in [0.4, 0.5) is 5.95 Å². The number of hydrogen-bond acceptors (Lipinski definition) is 6. The number of aromatic amines is 1. The SMILES string of the molecule is c1cnc(N2CCN(Cc3ccc(-c4ccn[nH]4)s3)CC2)nc1. The first-order valence-electron chi connectivity index (χ1n) is 7.71. The van der Waals surface area contributed by atoms with Gasteiger partial charge in [-0.05, 0) is 24.3 Å². The summed E-state index contributed by atoms with van der Waals surface area (Å²) >= 11 is 1.83. The fraction of sp³-hybridized carbons (Fsp3) is 0.312. The van der Waals surface area contributed by atoms with E-state index >= 15 is 0 Å². The third kappa shape index (κ3) is 3.25. The Morgan fingerprint density at radius 2 is 1.83 bits per heavy atom. The maximum absolute atomic E-state index is 4.33. The third-order valence-corrected chi connectivity index (χ3v) is 5.12. The van der Waals surface area contributed by atoms with Gasteiger partial charge in [0.15, 0.2) is 0 Å². The summed E-state index contributed by atoms with van der Waals surface area (Å²) in [6.07, 6.45) is 5.40. The minimum Gasteiger partial charge on any atom is -0.338 e. The maximum Gasteiger partial charge on any atom is 0.225 e. The normalized spacial score (nSPS) is 15.9. The molecule has 0 aromatic carbocycles. The van der Waals surface area contributed by atoms with E-state index in [1.54, 1.807) is 18.6 Å². The van der Waals surface area contributed by atoms with E-state index in [2.05, 4.69) is 42.1 Å². The molecule has 4 heterocycles. The second kappa shape index (κ2) is 6.47. The molecule has 6 nitrogen and oxygen atoms in total. The smallest absolute Gasteiger partial charge is 0.225 e. The van der Waals surface area contributed by atoms with Crippen LogP contribution in [0.3, 0.4) is 0 Å². The van der Waals surface area contributed by atoms with Crippen LogP contribution in [0.5, 0.6) is 0 Å². The van der Waals surface area contributed by atoms with E-state index in [1.807, 2.05) is 23.5 Å². The van der Waals surface area contributed by atoms with Crippen molar-refractivity contribution in [3.05, 3.63) is 47.7 Å². The molecule has 0 bridgehead atoms. The topological polar surface area (TPSA) is 60.9 Å². The number of aromatic nitrogens is 4. The summed E-state index contributed by atoms with van der Waals surface area (Å²) in [6.45, 7) is 5.03. The Morgan fingerprint density at radius 1 is 1.00 bits per heavy atom. The van der Waals surface area contributed by atoms with Crippen LogP contribution in [-0.4, -0.2) is 51.2 Å². The molecule has 0 aliphatic carbocycles. The Kier molecular flexibility index (Phi) is 4.04. The highest BCUT2D eigenvalue weighted by Gasteiger charge is 2.19. The third-order valence-electron chi connectivity index (χ3n) is 4.01. The van der Waals surface area contributed by atoms with Crippen molar-refractivity contribution in [2.24, 2.45) is 0 Å². The van der Waals surface area contributed by atoms with Crippen molar-refractivity contribution >= 4 is 17.3 Å². The quantitative estimate of drug-likeness (QED) is 0.797. The minimum atomic E-state index is 0.838. The average Bonchev–Trinajstić information content (AvgIpc) is 3.28. The minimum absolute atomic E-state index is 0.838. The Morgan fingerprint density at radius 3 is 2.57 bits per heavy atom. The molecule has 0 spiro atoms. The number of piperazine rings is 1. The highest BCUT2D eigenvalue weighted by atomic mass is 32.1. The van der Waals surface area contributed by atoms with Crippen molar-refractivity contribution in [1.82, 2.24) is 25.1 Å². The van der Waals surface area contributed by atoms with Crippen molar-refractivity contribution in [1.29, 1.82) is 0 Å². The molecule has 1 N–H and O–H groups in total. The van der Waals surface area contributed by atoms with Crippen molar-refractivity contribution in [2.75, 3.05) is 31.1 Å². The van der Waals surface area contributed by atoms with Gasteiger partial charge in [0.2, 0.25) is 5.95 Å². The van der Waals surface area contributed by atoms with Gasteiger partial charge >= 0.3 is 0 Å². The van der Waals surface area contributed by atoms with Crippen LogP contribution >= 0.6 is 11.3 Å². The van der Waals surface area contributed by atoms with Gasteiger partial charge in [-0.15, -0.1) is 11.3 Å². The molecule has 1 aliphatic rings. The summed E-state index contributed by atoms with van der Waals surface area (Å²) in [5.41, 5.74) is 1.09. The summed E-state index contributed by atoms with van der Waals surface area (Å²) in [5.74, 6) is 0.838. The van der Waals surface area contributed by atoms with E-state index in [4.69, 9.17) is 0 Å². The van der Waals surface area contributed by atoms with Crippen LogP contribution < -0.4 is 4.90 Å². The molecule has 118 valence electrons. The first-order valence-corrected chi connectivity index (χ1v) is 8.53. The Hall–Kier alpha value is -2.25. The zero-order valence-electron chi connectivity index (χ0n) is 12.7. The zero-order valence-corrected chi connectivity index (χ0v) is 13.5. The van der Waals surface area contributed by atoms with Crippen molar-refractivity contribution < 1.29 is 0 Å². The van der Waals surface area contributed by atoms with Gasteiger partial charge < -0.3 is 4.90 Å². The second-order valence-corrected chi connectivity index (χ2v) is 6.72. The Bertz CT molecular complexity index is 731. The van der Waals surface area contributed by atoms with Crippen molar-refractivity contribution in [2.45, 2.75) is 6.54 Å². The van der Waals surface area contributed by atoms with Gasteiger partial charge in [0, 0.05) is 56.2 Å². The lowest BCUT2D eigenvalue weighted by atomic mass is 10.3. The molecule has 0 saturated carbocycles. The van der Waals surface area contributed by atoms with Crippen LogP contribution in [0.15, 0.2) is 42.9 Å². The number of anilines is 1. The van der Waals surface area contributed by atoms with E-state index in [0.29, 0.717) is 0 Å². The molecule has 3 aromatic rings. The first kappa shape index (κ1) is 14.3. The molecule has 1 saturated heterocycles. The predicted molar refractivity (Wildman–Crippen MR) is 91.4 cm³/mol. The van der Waals surface area contributed by atoms with Crippen LogP contribution in [0, 0.1) is 0 Å². The molecular weight excluding hydrogens is 308 g/mol. The van der Waals surface area contributed by atoms with Crippen LogP contribution in [0.25, 0.3) is 10.6 Å². The number of thiophene rings is 1. The van der Waals surface area contributed by atoms with Gasteiger partial charge in [-0.2, -0.15) is 5.10 Å². The van der Waals surface area contributed by atoms with Gasteiger partial charge in [0.25, 0.3) is 0 Å². The van der Waals surface area contributed by atoms with Gasteiger partial charge in [-0.1, -0.05) is 0 Å². The summed E-state index contributed by atoms with van der Waals surface area (Å²) in [5, 5.41) is 7.04. The van der Waals surface area contributed by atoms with Crippen LogP contribution in [-0.2, 0) is 6.54 Å². The summed E-state index contributed by atoms with van der Waals surface area (Å²) in [7, 11) is 0. The molecule has 0 amide bonds. The number of H-pyrrole nitrogens is 1. The second-order valence-electron chi connectivity index (χ2n) is 5.55. The van der Waals surface area contributed by atoms with Gasteiger partial charge in [0.05, 0.1) is 10.6 Å². The van der Waals surface area contributed by atoms with Crippen LogP contribution in [0.1, 0.15) is 4.88 Å². The van der Waals surface area contributed by atoms with E-state index in [1.165, 1.54) is 9.75 Å². The molecular formula is C16H18N6S. The number of rotatable bonds is 4. The lowest BCUT2D eigenvalue weighted by Gasteiger charge is -2.34. The molecule has 7 heteroatoms. The molecule has 1 aliphatic heterocycles. The van der Waals surface area contributed by atoms with Crippen molar-refractivity contribution in [3.8, 4) is 10.6 Å². The monoisotopic (exact) mass is 326 g/mol. The highest BCUT2D eigenvalue weighted by molar-refractivity contribution is 7.15. The number of nitrogens with zero attached hydrogens (tertiary/aromatic N) is 5. The van der Waals surface area contributed by atoms with E-state index in [9.17, 15) is 0 Å². The summed E-state index contributed by atoms with van der Waals surface area (Å²) in [4.78, 5) is 16.0. The van der Waals surface area contributed by atoms with Gasteiger partial charge in [-0.25, -0.2) is 9.97 Å². The number of nitrogens with one attached hydrogen (secondary N) is 1. The predicted octanol–water partition coefficient (Wildman–Crippen LogP) is 2.25. The fourth-order valence-corrected chi connectivity index (χ4v) is 3.81. The lowest BCUT2D eigenvalue weighted by molar-refractivity contribution is 0.251. The van der Waals surface area contributed by atoms with E-state index < -0.39 is 0 Å². The molecule has 23 heavy (non-hydrogen) atoms. The molecule has 3 aromatic heterocycles. The number of hydrogen-bond donors (Lipinski definition) is 1. The lowest BCUT2D eigenvalue weighted by Crippen LogP contribution is -2.46. The highest BCUT2D eigenvalue weighted by Crippen LogP contribution is 2.27. The summed E-state index contributed by atoms with van der Waals surface area (Å²) in [6, 6.07) is 8.25. The molecule has 0 unspecified atom stereocenters. The molecule has 4 rings (SSSR count). The van der Waals surface area contributed by atoms with E-state index in [0.717, 1.165) is 44.4 Å². The Labute approximate surface area is 138 Å².